The molecule has 0 amide bonds. The molecule has 0 bridgehead atoms. The summed E-state index contributed by atoms with van der Waals surface area (Å²) < 4.78 is 1.71. The molecule has 0 spiro atoms. The van der Waals surface area contributed by atoms with Gasteiger partial charge in [-0.3, -0.25) is 0 Å². The lowest BCUT2D eigenvalue weighted by atomic mass is 10.2. The third kappa shape index (κ3) is 2.25. The van der Waals surface area contributed by atoms with Gasteiger partial charge in [0.15, 0.2) is 11.5 Å². The second-order valence-electron chi connectivity index (χ2n) is 3.93. The highest BCUT2D eigenvalue weighted by atomic mass is 16.4. The lowest BCUT2D eigenvalue weighted by Gasteiger charge is -2.05. The number of pyridine rings is 1. The number of carbonyl (C=O) groups is 1. The van der Waals surface area contributed by atoms with Crippen molar-refractivity contribution in [1.29, 1.82) is 0 Å². The number of aryl methyl sites for hydroxylation is 2. The molecule has 94 valence electrons. The van der Waals surface area contributed by atoms with Crippen LogP contribution < -0.4 is 0 Å². The second kappa shape index (κ2) is 5.00. The zero-order valence-corrected chi connectivity index (χ0v) is 10.4. The molecular formula is C13H15N3O2. The van der Waals surface area contributed by atoms with Crippen LogP contribution in [-0.2, 0) is 12.8 Å². The minimum atomic E-state index is -1.03. The van der Waals surface area contributed by atoms with Crippen LogP contribution in [-0.4, -0.2) is 25.8 Å². The quantitative estimate of drug-likeness (QED) is 0.895. The molecule has 18 heavy (non-hydrogen) atoms. The molecular weight excluding hydrogens is 230 g/mol. The highest BCUT2D eigenvalue weighted by Gasteiger charge is 2.11. The number of hydrogen-bond acceptors (Lipinski definition) is 3. The zero-order valence-electron chi connectivity index (χ0n) is 10.4. The standard InChI is InChI=1S/C13H15N3O2/c1-3-9-8-10(4-2)16(15-9)12-7-5-6-11(14-12)13(17)18/h5-8H,3-4H2,1-2H3,(H,17,18). The van der Waals surface area contributed by atoms with Crippen molar-refractivity contribution in [2.45, 2.75) is 26.7 Å². The van der Waals surface area contributed by atoms with E-state index in [2.05, 4.69) is 10.1 Å². The summed E-state index contributed by atoms with van der Waals surface area (Å²) in [6.07, 6.45) is 1.67. The highest BCUT2D eigenvalue weighted by Crippen LogP contribution is 2.12. The molecule has 2 rings (SSSR count). The molecule has 1 N–H and O–H groups in total. The normalized spacial score (nSPS) is 10.6. The van der Waals surface area contributed by atoms with Gasteiger partial charge in [-0.1, -0.05) is 19.9 Å². The SMILES string of the molecule is CCc1cc(CC)n(-c2cccc(C(=O)O)n2)n1. The summed E-state index contributed by atoms with van der Waals surface area (Å²) >= 11 is 0. The largest absolute Gasteiger partial charge is 0.477 e. The summed E-state index contributed by atoms with van der Waals surface area (Å²) in [4.78, 5) is 15.0. The molecule has 0 radical (unpaired) electrons. The minimum Gasteiger partial charge on any atom is -0.477 e. The summed E-state index contributed by atoms with van der Waals surface area (Å²) in [5.74, 6) is -0.482. The maximum Gasteiger partial charge on any atom is 0.354 e. The molecule has 0 aromatic carbocycles. The number of rotatable bonds is 4. The Bertz CT molecular complexity index is 575. The molecule has 2 aromatic heterocycles. The van der Waals surface area contributed by atoms with Crippen molar-refractivity contribution >= 4 is 5.97 Å². The molecule has 0 aliphatic rings. The van der Waals surface area contributed by atoms with Crippen molar-refractivity contribution in [2.75, 3.05) is 0 Å². The Balaban J connectivity index is 2.50. The van der Waals surface area contributed by atoms with E-state index >= 15 is 0 Å². The van der Waals surface area contributed by atoms with Gasteiger partial charge >= 0.3 is 5.97 Å². The summed E-state index contributed by atoms with van der Waals surface area (Å²) in [5, 5.41) is 13.4. The van der Waals surface area contributed by atoms with Gasteiger partial charge in [-0.15, -0.1) is 0 Å². The predicted molar refractivity (Wildman–Crippen MR) is 67.1 cm³/mol. The smallest absolute Gasteiger partial charge is 0.354 e. The Hall–Kier alpha value is -2.17. The number of aromatic nitrogens is 3. The third-order valence-corrected chi connectivity index (χ3v) is 2.73. The molecule has 0 atom stereocenters. The van der Waals surface area contributed by atoms with Crippen LogP contribution in [0.25, 0.3) is 5.82 Å². The Morgan fingerprint density at radius 2 is 2.11 bits per heavy atom. The summed E-state index contributed by atoms with van der Waals surface area (Å²) in [7, 11) is 0. The van der Waals surface area contributed by atoms with Crippen molar-refractivity contribution in [2.24, 2.45) is 0 Å². The van der Waals surface area contributed by atoms with Gasteiger partial charge in [0.25, 0.3) is 0 Å². The monoisotopic (exact) mass is 245 g/mol. The molecule has 2 aromatic rings. The minimum absolute atomic E-state index is 0.0306. The number of aromatic carboxylic acids is 1. The lowest BCUT2D eigenvalue weighted by Crippen LogP contribution is -2.08. The Morgan fingerprint density at radius 3 is 2.72 bits per heavy atom. The molecule has 0 saturated heterocycles. The molecule has 0 aliphatic heterocycles. The van der Waals surface area contributed by atoms with Crippen molar-refractivity contribution in [3.8, 4) is 5.82 Å². The lowest BCUT2D eigenvalue weighted by molar-refractivity contribution is 0.0690. The van der Waals surface area contributed by atoms with Crippen LogP contribution >= 0.6 is 0 Å². The van der Waals surface area contributed by atoms with E-state index < -0.39 is 5.97 Å². The molecule has 0 fully saturated rings. The second-order valence-corrected chi connectivity index (χ2v) is 3.93. The maximum atomic E-state index is 10.9. The Labute approximate surface area is 105 Å². The van der Waals surface area contributed by atoms with E-state index in [1.165, 1.54) is 6.07 Å². The topological polar surface area (TPSA) is 68.0 Å². The average Bonchev–Trinajstić information content (AvgIpc) is 2.82. The van der Waals surface area contributed by atoms with Crippen LogP contribution in [0, 0.1) is 0 Å². The first-order valence-electron chi connectivity index (χ1n) is 5.94. The van der Waals surface area contributed by atoms with E-state index in [0.29, 0.717) is 5.82 Å². The number of carboxylic acids is 1. The number of carboxylic acid groups (broad SMARTS) is 1. The van der Waals surface area contributed by atoms with E-state index in [0.717, 1.165) is 24.2 Å². The summed E-state index contributed by atoms with van der Waals surface area (Å²) in [5.41, 5.74) is 2.04. The van der Waals surface area contributed by atoms with Crippen molar-refractivity contribution in [3.63, 3.8) is 0 Å². The third-order valence-electron chi connectivity index (χ3n) is 2.73. The van der Waals surface area contributed by atoms with Crippen LogP contribution in [0.5, 0.6) is 0 Å². The van der Waals surface area contributed by atoms with Crippen LogP contribution in [0.1, 0.15) is 35.7 Å². The molecule has 5 heteroatoms. The first-order chi connectivity index (χ1) is 8.65. The molecule has 0 aliphatic carbocycles. The fourth-order valence-electron chi connectivity index (χ4n) is 1.76. The molecule has 0 unspecified atom stereocenters. The van der Waals surface area contributed by atoms with Gasteiger partial charge in [-0.05, 0) is 31.0 Å². The van der Waals surface area contributed by atoms with E-state index in [9.17, 15) is 4.79 Å². The summed E-state index contributed by atoms with van der Waals surface area (Å²) in [6, 6.07) is 6.94. The van der Waals surface area contributed by atoms with E-state index in [1.807, 2.05) is 19.9 Å². The fourth-order valence-corrected chi connectivity index (χ4v) is 1.76. The van der Waals surface area contributed by atoms with Crippen molar-refractivity contribution < 1.29 is 9.90 Å². The van der Waals surface area contributed by atoms with E-state index in [1.54, 1.807) is 16.8 Å². The van der Waals surface area contributed by atoms with Gasteiger partial charge in [0.1, 0.15) is 0 Å². The molecule has 5 nitrogen and oxygen atoms in total. The first-order valence-corrected chi connectivity index (χ1v) is 5.94. The molecule has 2 heterocycles. The van der Waals surface area contributed by atoms with Crippen LogP contribution in [0.2, 0.25) is 0 Å². The molecule has 0 saturated carbocycles. The van der Waals surface area contributed by atoms with Crippen molar-refractivity contribution in [3.05, 3.63) is 41.3 Å². The summed E-state index contributed by atoms with van der Waals surface area (Å²) in [6.45, 7) is 4.07. The Kier molecular flexibility index (Phi) is 3.41. The highest BCUT2D eigenvalue weighted by molar-refractivity contribution is 5.85. The zero-order chi connectivity index (χ0) is 13.1. The van der Waals surface area contributed by atoms with Gasteiger partial charge in [0.05, 0.1) is 5.69 Å². The van der Waals surface area contributed by atoms with Gasteiger partial charge in [-0.25, -0.2) is 14.5 Å². The van der Waals surface area contributed by atoms with E-state index in [-0.39, 0.29) is 5.69 Å². The predicted octanol–water partition coefficient (Wildman–Crippen LogP) is 2.09. The fraction of sp³-hybridized carbons (Fsp3) is 0.308. The van der Waals surface area contributed by atoms with Crippen LogP contribution in [0.15, 0.2) is 24.3 Å². The van der Waals surface area contributed by atoms with Crippen LogP contribution in [0.4, 0.5) is 0 Å². The van der Waals surface area contributed by atoms with Gasteiger partial charge in [0.2, 0.25) is 0 Å². The van der Waals surface area contributed by atoms with Crippen LogP contribution in [0.3, 0.4) is 0 Å². The van der Waals surface area contributed by atoms with Gasteiger partial charge in [-0.2, -0.15) is 5.10 Å². The van der Waals surface area contributed by atoms with Crippen molar-refractivity contribution in [1.82, 2.24) is 14.8 Å². The maximum absolute atomic E-state index is 10.9. The van der Waals surface area contributed by atoms with Gasteiger partial charge in [0, 0.05) is 5.69 Å². The Morgan fingerprint density at radius 1 is 1.33 bits per heavy atom. The number of nitrogens with zero attached hydrogens (tertiary/aromatic N) is 3. The average molecular weight is 245 g/mol. The van der Waals surface area contributed by atoms with Gasteiger partial charge < -0.3 is 5.11 Å². The first kappa shape index (κ1) is 12.3. The van der Waals surface area contributed by atoms with E-state index in [4.69, 9.17) is 5.11 Å². The number of hydrogen-bond donors (Lipinski definition) is 1.